The summed E-state index contributed by atoms with van der Waals surface area (Å²) in [5.41, 5.74) is 0. The van der Waals surface area contributed by atoms with E-state index in [2.05, 4.69) is 4.90 Å². The SMILES string of the molecule is O=C1C2C=CC=CC2C(=O)N1CCOC1CN2CCC1CC2. The molecule has 2 bridgehead atoms. The summed E-state index contributed by atoms with van der Waals surface area (Å²) < 4.78 is 6.01. The Labute approximate surface area is 130 Å². The molecule has 5 heteroatoms. The highest BCUT2D eigenvalue weighted by atomic mass is 16.5. The second-order valence-corrected chi connectivity index (χ2v) is 6.70. The van der Waals surface area contributed by atoms with Crippen molar-refractivity contribution in [1.82, 2.24) is 9.80 Å². The number of nitrogens with zero attached hydrogens (tertiary/aromatic N) is 2. The van der Waals surface area contributed by atoms with Crippen LogP contribution in [0.5, 0.6) is 0 Å². The number of amides is 2. The lowest BCUT2D eigenvalue weighted by molar-refractivity contribution is -0.141. The predicted molar refractivity (Wildman–Crippen MR) is 80.9 cm³/mol. The maximum atomic E-state index is 12.3. The van der Waals surface area contributed by atoms with E-state index in [-0.39, 0.29) is 29.8 Å². The van der Waals surface area contributed by atoms with Crippen molar-refractivity contribution < 1.29 is 14.3 Å². The Kier molecular flexibility index (Phi) is 3.62. The van der Waals surface area contributed by atoms with Crippen molar-refractivity contribution in [3.8, 4) is 0 Å². The molecule has 4 heterocycles. The van der Waals surface area contributed by atoms with E-state index in [4.69, 9.17) is 4.74 Å². The molecule has 4 saturated heterocycles. The van der Waals surface area contributed by atoms with Crippen LogP contribution in [0.2, 0.25) is 0 Å². The van der Waals surface area contributed by atoms with Crippen LogP contribution in [0.3, 0.4) is 0 Å². The van der Waals surface area contributed by atoms with Crippen molar-refractivity contribution in [2.24, 2.45) is 17.8 Å². The number of fused-ring (bicyclic) bond motifs is 4. The molecule has 3 unspecified atom stereocenters. The molecular weight excluding hydrogens is 280 g/mol. The quantitative estimate of drug-likeness (QED) is 0.722. The molecule has 5 nitrogen and oxygen atoms in total. The third kappa shape index (κ3) is 2.32. The lowest BCUT2D eigenvalue weighted by atomic mass is 9.86. The van der Waals surface area contributed by atoms with Crippen molar-refractivity contribution in [2.45, 2.75) is 18.9 Å². The van der Waals surface area contributed by atoms with Crippen molar-refractivity contribution in [2.75, 3.05) is 32.8 Å². The molecule has 0 radical (unpaired) electrons. The fourth-order valence-electron chi connectivity index (χ4n) is 4.16. The topological polar surface area (TPSA) is 49.9 Å². The second-order valence-electron chi connectivity index (χ2n) is 6.70. The van der Waals surface area contributed by atoms with Crippen LogP contribution >= 0.6 is 0 Å². The van der Waals surface area contributed by atoms with E-state index < -0.39 is 0 Å². The van der Waals surface area contributed by atoms with Gasteiger partial charge in [0.05, 0.1) is 31.1 Å². The standard InChI is InChI=1S/C17H22N2O3/c20-16-13-3-1-2-4-14(13)17(21)19(16)9-10-22-15-11-18-7-5-12(15)6-8-18/h1-4,12-15H,5-11H2. The van der Waals surface area contributed by atoms with Gasteiger partial charge in [0.25, 0.3) is 0 Å². The Bertz CT molecular complexity index is 504. The van der Waals surface area contributed by atoms with Crippen molar-refractivity contribution >= 4 is 11.8 Å². The van der Waals surface area contributed by atoms with Crippen LogP contribution in [0.25, 0.3) is 0 Å². The lowest BCUT2D eigenvalue weighted by Gasteiger charge is -2.44. The molecule has 5 aliphatic rings. The van der Waals surface area contributed by atoms with E-state index in [1.807, 2.05) is 24.3 Å². The van der Waals surface area contributed by atoms with E-state index >= 15 is 0 Å². The average Bonchev–Trinajstić information content (AvgIpc) is 2.81. The van der Waals surface area contributed by atoms with Gasteiger partial charge < -0.3 is 9.64 Å². The Hall–Kier alpha value is -1.46. The molecule has 0 saturated carbocycles. The maximum absolute atomic E-state index is 12.3. The minimum atomic E-state index is -0.297. The maximum Gasteiger partial charge on any atom is 0.237 e. The summed E-state index contributed by atoms with van der Waals surface area (Å²) in [6.07, 6.45) is 10.1. The summed E-state index contributed by atoms with van der Waals surface area (Å²) in [7, 11) is 0. The highest BCUT2D eigenvalue weighted by Crippen LogP contribution is 2.32. The van der Waals surface area contributed by atoms with Crippen LogP contribution in [0, 0.1) is 17.8 Å². The number of carbonyl (C=O) groups is 2. The van der Waals surface area contributed by atoms with Crippen LogP contribution < -0.4 is 0 Å². The zero-order valence-corrected chi connectivity index (χ0v) is 12.7. The van der Waals surface area contributed by atoms with Gasteiger partial charge in [-0.2, -0.15) is 0 Å². The molecule has 22 heavy (non-hydrogen) atoms. The summed E-state index contributed by atoms with van der Waals surface area (Å²) in [6, 6.07) is 0. The monoisotopic (exact) mass is 302 g/mol. The number of imide groups is 1. The molecule has 4 fully saturated rings. The molecule has 1 aliphatic carbocycles. The Morgan fingerprint density at radius 3 is 2.23 bits per heavy atom. The first kappa shape index (κ1) is 14.2. The predicted octanol–water partition coefficient (Wildman–Crippen LogP) is 0.824. The van der Waals surface area contributed by atoms with E-state index in [0.29, 0.717) is 19.1 Å². The molecule has 0 spiro atoms. The van der Waals surface area contributed by atoms with Crippen LogP contribution in [0.1, 0.15) is 12.8 Å². The van der Waals surface area contributed by atoms with E-state index in [0.717, 1.165) is 6.54 Å². The first-order valence-electron chi connectivity index (χ1n) is 8.28. The molecule has 118 valence electrons. The van der Waals surface area contributed by atoms with Crippen molar-refractivity contribution in [3.05, 3.63) is 24.3 Å². The Morgan fingerprint density at radius 2 is 1.68 bits per heavy atom. The van der Waals surface area contributed by atoms with Crippen LogP contribution in [-0.4, -0.2) is 60.5 Å². The van der Waals surface area contributed by atoms with Gasteiger partial charge in [-0.05, 0) is 31.8 Å². The first-order chi connectivity index (χ1) is 10.7. The summed E-state index contributed by atoms with van der Waals surface area (Å²) in [5.74, 6) is -0.0896. The highest BCUT2D eigenvalue weighted by molar-refractivity contribution is 6.07. The number of rotatable bonds is 4. The molecule has 4 aliphatic heterocycles. The fraction of sp³-hybridized carbons (Fsp3) is 0.647. The smallest absolute Gasteiger partial charge is 0.237 e. The molecule has 0 N–H and O–H groups in total. The van der Waals surface area contributed by atoms with Gasteiger partial charge in [0.15, 0.2) is 0 Å². The minimum Gasteiger partial charge on any atom is -0.375 e. The van der Waals surface area contributed by atoms with Crippen molar-refractivity contribution in [1.29, 1.82) is 0 Å². The van der Waals surface area contributed by atoms with Gasteiger partial charge in [-0.25, -0.2) is 0 Å². The Balaban J connectivity index is 1.32. The van der Waals surface area contributed by atoms with E-state index in [1.54, 1.807) is 0 Å². The average molecular weight is 302 g/mol. The number of hydrogen-bond donors (Lipinski definition) is 0. The largest absolute Gasteiger partial charge is 0.375 e. The van der Waals surface area contributed by atoms with E-state index in [1.165, 1.54) is 30.8 Å². The van der Waals surface area contributed by atoms with Gasteiger partial charge in [0, 0.05) is 6.54 Å². The molecule has 0 aromatic carbocycles. The molecule has 5 rings (SSSR count). The molecular formula is C17H22N2O3. The number of hydrogen-bond acceptors (Lipinski definition) is 4. The Morgan fingerprint density at radius 1 is 1.05 bits per heavy atom. The van der Waals surface area contributed by atoms with Crippen LogP contribution in [0.15, 0.2) is 24.3 Å². The van der Waals surface area contributed by atoms with Gasteiger partial charge in [-0.3, -0.25) is 14.5 Å². The van der Waals surface area contributed by atoms with Gasteiger partial charge in [-0.1, -0.05) is 24.3 Å². The third-order valence-corrected chi connectivity index (χ3v) is 5.48. The minimum absolute atomic E-state index is 0.0758. The molecule has 2 amide bonds. The van der Waals surface area contributed by atoms with Gasteiger partial charge in [0.1, 0.15) is 0 Å². The third-order valence-electron chi connectivity index (χ3n) is 5.48. The summed E-state index contributed by atoms with van der Waals surface area (Å²) in [4.78, 5) is 28.5. The number of carbonyl (C=O) groups excluding carboxylic acids is 2. The first-order valence-corrected chi connectivity index (χ1v) is 8.28. The number of piperidine rings is 3. The zero-order chi connectivity index (χ0) is 15.1. The van der Waals surface area contributed by atoms with E-state index in [9.17, 15) is 9.59 Å². The number of ether oxygens (including phenoxy) is 1. The lowest BCUT2D eigenvalue weighted by Crippen LogP contribution is -2.51. The fourth-order valence-corrected chi connectivity index (χ4v) is 4.16. The summed E-state index contributed by atoms with van der Waals surface area (Å²) >= 11 is 0. The van der Waals surface area contributed by atoms with Crippen LogP contribution in [0.4, 0.5) is 0 Å². The molecule has 3 atom stereocenters. The number of allylic oxidation sites excluding steroid dienone is 2. The number of likely N-dealkylation sites (tertiary alicyclic amines) is 1. The summed E-state index contributed by atoms with van der Waals surface area (Å²) in [6.45, 7) is 4.23. The molecule has 0 aromatic heterocycles. The second kappa shape index (κ2) is 5.63. The van der Waals surface area contributed by atoms with Gasteiger partial charge in [0.2, 0.25) is 11.8 Å². The normalized spacial score (nSPS) is 39.6. The van der Waals surface area contributed by atoms with Gasteiger partial charge in [-0.15, -0.1) is 0 Å². The molecule has 0 aromatic rings. The van der Waals surface area contributed by atoms with Crippen molar-refractivity contribution in [3.63, 3.8) is 0 Å². The van der Waals surface area contributed by atoms with Crippen LogP contribution in [-0.2, 0) is 14.3 Å². The van der Waals surface area contributed by atoms with Gasteiger partial charge >= 0.3 is 0 Å². The summed E-state index contributed by atoms with van der Waals surface area (Å²) in [5, 5.41) is 0. The highest BCUT2D eigenvalue weighted by Gasteiger charge is 2.45. The zero-order valence-electron chi connectivity index (χ0n) is 12.7.